The molecule has 0 saturated carbocycles. The Morgan fingerprint density at radius 2 is 2.12 bits per heavy atom. The van der Waals surface area contributed by atoms with Crippen molar-refractivity contribution >= 4 is 17.6 Å². The van der Waals surface area contributed by atoms with E-state index in [1.165, 1.54) is 25.3 Å². The van der Waals surface area contributed by atoms with Crippen molar-refractivity contribution in [3.8, 4) is 11.8 Å². The minimum Gasteiger partial charge on any atom is -0.478 e. The number of esters is 1. The monoisotopic (exact) mass is 219 g/mol. The third kappa shape index (κ3) is 2.75. The van der Waals surface area contributed by atoms with E-state index in [1.54, 1.807) is 0 Å². The van der Waals surface area contributed by atoms with Crippen LogP contribution in [0.5, 0.6) is 0 Å². The van der Waals surface area contributed by atoms with Crippen LogP contribution in [0.1, 0.15) is 15.9 Å². The topological polar surface area (TPSA) is 89.6 Å². The number of hydrogen-bond acceptors (Lipinski definition) is 4. The van der Waals surface area contributed by atoms with Gasteiger partial charge in [0.1, 0.15) is 0 Å². The van der Waals surface area contributed by atoms with Crippen LogP contribution in [0.3, 0.4) is 0 Å². The van der Waals surface area contributed by atoms with Gasteiger partial charge in [-0.05, 0) is 18.2 Å². The molecule has 16 heavy (non-hydrogen) atoms. The van der Waals surface area contributed by atoms with Crippen molar-refractivity contribution in [2.75, 3.05) is 12.8 Å². The number of benzene rings is 1. The zero-order valence-electron chi connectivity index (χ0n) is 8.48. The maximum Gasteiger partial charge on any atom is 0.384 e. The molecule has 0 aliphatic rings. The van der Waals surface area contributed by atoms with E-state index < -0.39 is 11.9 Å². The molecule has 1 aromatic rings. The van der Waals surface area contributed by atoms with E-state index in [9.17, 15) is 9.59 Å². The summed E-state index contributed by atoms with van der Waals surface area (Å²) in [7, 11) is 1.22. The fourth-order valence-corrected chi connectivity index (χ4v) is 1.01. The van der Waals surface area contributed by atoms with Gasteiger partial charge in [-0.1, -0.05) is 5.92 Å². The van der Waals surface area contributed by atoms with E-state index in [1.807, 2.05) is 0 Å². The van der Waals surface area contributed by atoms with E-state index in [0.717, 1.165) is 0 Å². The lowest BCUT2D eigenvalue weighted by atomic mass is 10.1. The van der Waals surface area contributed by atoms with Crippen molar-refractivity contribution in [3.63, 3.8) is 0 Å². The normalized spacial score (nSPS) is 8.81. The second-order valence-electron chi connectivity index (χ2n) is 2.85. The number of carboxylic acid groups (broad SMARTS) is 1. The first-order valence-electron chi connectivity index (χ1n) is 4.27. The molecule has 0 saturated heterocycles. The maximum atomic E-state index is 10.7. The predicted molar refractivity (Wildman–Crippen MR) is 56.7 cm³/mol. The maximum absolute atomic E-state index is 10.7. The zero-order chi connectivity index (χ0) is 12.1. The average molecular weight is 219 g/mol. The molecule has 0 atom stereocenters. The molecule has 5 nitrogen and oxygen atoms in total. The van der Waals surface area contributed by atoms with Crippen molar-refractivity contribution in [1.82, 2.24) is 0 Å². The van der Waals surface area contributed by atoms with Crippen LogP contribution in [0.4, 0.5) is 5.69 Å². The van der Waals surface area contributed by atoms with Crippen LogP contribution < -0.4 is 5.73 Å². The molecule has 0 radical (unpaired) electrons. The molecular formula is C11H9NO4. The van der Waals surface area contributed by atoms with Gasteiger partial charge < -0.3 is 15.6 Å². The van der Waals surface area contributed by atoms with Crippen LogP contribution in [0.25, 0.3) is 0 Å². The van der Waals surface area contributed by atoms with Gasteiger partial charge in [0, 0.05) is 17.2 Å². The number of carbonyl (C=O) groups is 2. The van der Waals surface area contributed by atoms with Crippen molar-refractivity contribution < 1.29 is 19.4 Å². The highest BCUT2D eigenvalue weighted by atomic mass is 16.5. The molecule has 0 bridgehead atoms. The van der Waals surface area contributed by atoms with Crippen LogP contribution in [-0.2, 0) is 9.53 Å². The number of hydrogen-bond donors (Lipinski definition) is 2. The summed E-state index contributed by atoms with van der Waals surface area (Å²) in [5.41, 5.74) is 6.05. The molecule has 3 N–H and O–H groups in total. The van der Waals surface area contributed by atoms with Gasteiger partial charge in [-0.3, -0.25) is 0 Å². The molecule has 1 aromatic carbocycles. The number of methoxy groups -OCH3 is 1. The molecule has 0 aliphatic heterocycles. The van der Waals surface area contributed by atoms with Crippen LogP contribution in [0.15, 0.2) is 18.2 Å². The number of carboxylic acids is 1. The van der Waals surface area contributed by atoms with Crippen LogP contribution in [-0.4, -0.2) is 24.2 Å². The van der Waals surface area contributed by atoms with Gasteiger partial charge in [0.2, 0.25) is 0 Å². The quantitative estimate of drug-likeness (QED) is 0.407. The van der Waals surface area contributed by atoms with Gasteiger partial charge in [0.05, 0.1) is 12.7 Å². The number of ether oxygens (including phenoxy) is 1. The summed E-state index contributed by atoms with van der Waals surface area (Å²) in [6.07, 6.45) is 0. The second-order valence-corrected chi connectivity index (χ2v) is 2.85. The Balaban J connectivity index is 3.01. The van der Waals surface area contributed by atoms with Gasteiger partial charge in [-0.15, -0.1) is 0 Å². The minimum atomic E-state index is -1.11. The fourth-order valence-electron chi connectivity index (χ4n) is 1.01. The third-order valence-electron chi connectivity index (χ3n) is 1.78. The first-order chi connectivity index (χ1) is 7.54. The Labute approximate surface area is 91.8 Å². The molecule has 5 heteroatoms. The van der Waals surface area contributed by atoms with Crippen LogP contribution in [0, 0.1) is 11.8 Å². The molecule has 0 spiro atoms. The molecule has 82 valence electrons. The molecule has 0 heterocycles. The Hall–Kier alpha value is -2.48. The number of aromatic carboxylic acids is 1. The van der Waals surface area contributed by atoms with Crippen molar-refractivity contribution in [2.24, 2.45) is 0 Å². The second kappa shape index (κ2) is 4.84. The van der Waals surface area contributed by atoms with E-state index in [4.69, 9.17) is 10.8 Å². The molecule has 0 amide bonds. The lowest BCUT2D eigenvalue weighted by molar-refractivity contribution is -0.133. The summed E-state index contributed by atoms with van der Waals surface area (Å²) in [6.45, 7) is 0. The fraction of sp³-hybridized carbons (Fsp3) is 0.0909. The lowest BCUT2D eigenvalue weighted by Gasteiger charge is -1.99. The average Bonchev–Trinajstić information content (AvgIpc) is 2.25. The van der Waals surface area contributed by atoms with E-state index in [0.29, 0.717) is 5.56 Å². The van der Waals surface area contributed by atoms with Crippen molar-refractivity contribution in [3.05, 3.63) is 29.3 Å². The van der Waals surface area contributed by atoms with E-state index >= 15 is 0 Å². The number of nitrogens with two attached hydrogens (primary N) is 1. The molecule has 0 fully saturated rings. The van der Waals surface area contributed by atoms with E-state index in [-0.39, 0.29) is 11.3 Å². The first kappa shape index (κ1) is 11.6. The van der Waals surface area contributed by atoms with Gasteiger partial charge in [0.25, 0.3) is 0 Å². The SMILES string of the molecule is COC(=O)C#Cc1ccc(C(=O)O)c(N)c1. The molecule has 0 aromatic heterocycles. The summed E-state index contributed by atoms with van der Waals surface area (Å²) in [6, 6.07) is 4.19. The Morgan fingerprint density at radius 1 is 1.44 bits per heavy atom. The number of nitrogen functional groups attached to an aromatic ring is 1. The highest BCUT2D eigenvalue weighted by molar-refractivity contribution is 5.94. The van der Waals surface area contributed by atoms with Crippen molar-refractivity contribution in [1.29, 1.82) is 0 Å². The molecule has 0 aliphatic carbocycles. The Morgan fingerprint density at radius 3 is 2.62 bits per heavy atom. The standard InChI is InChI=1S/C11H9NO4/c1-16-10(13)5-3-7-2-4-8(11(14)15)9(12)6-7/h2,4,6H,12H2,1H3,(H,14,15). The van der Waals surface area contributed by atoms with Gasteiger partial charge in [-0.2, -0.15) is 0 Å². The van der Waals surface area contributed by atoms with Crippen LogP contribution >= 0.6 is 0 Å². The molecule has 0 unspecified atom stereocenters. The van der Waals surface area contributed by atoms with E-state index in [2.05, 4.69) is 16.6 Å². The highest BCUT2D eigenvalue weighted by Gasteiger charge is 2.06. The van der Waals surface area contributed by atoms with Gasteiger partial charge in [0.15, 0.2) is 0 Å². The third-order valence-corrected chi connectivity index (χ3v) is 1.78. The minimum absolute atomic E-state index is 0.00335. The molecule has 1 rings (SSSR count). The lowest BCUT2D eigenvalue weighted by Crippen LogP contribution is -2.02. The van der Waals surface area contributed by atoms with Crippen molar-refractivity contribution in [2.45, 2.75) is 0 Å². The first-order valence-corrected chi connectivity index (χ1v) is 4.27. The summed E-state index contributed by atoms with van der Waals surface area (Å²) < 4.78 is 4.33. The molecular weight excluding hydrogens is 210 g/mol. The Kier molecular flexibility index (Phi) is 3.51. The van der Waals surface area contributed by atoms with Gasteiger partial charge in [-0.25, -0.2) is 9.59 Å². The predicted octanol–water partition coefficient (Wildman–Crippen LogP) is 0.492. The summed E-state index contributed by atoms with van der Waals surface area (Å²) in [5, 5.41) is 8.72. The smallest absolute Gasteiger partial charge is 0.384 e. The zero-order valence-corrected chi connectivity index (χ0v) is 8.48. The van der Waals surface area contributed by atoms with Crippen LogP contribution in [0.2, 0.25) is 0 Å². The number of anilines is 1. The highest BCUT2D eigenvalue weighted by Crippen LogP contribution is 2.13. The number of rotatable bonds is 1. The summed E-state index contributed by atoms with van der Waals surface area (Å²) >= 11 is 0. The Bertz CT molecular complexity index is 496. The largest absolute Gasteiger partial charge is 0.478 e. The summed E-state index contributed by atoms with van der Waals surface area (Å²) in [5.74, 6) is 2.94. The summed E-state index contributed by atoms with van der Waals surface area (Å²) in [4.78, 5) is 21.4. The van der Waals surface area contributed by atoms with Gasteiger partial charge >= 0.3 is 11.9 Å². The number of carbonyl (C=O) groups excluding carboxylic acids is 1.